The minimum absolute atomic E-state index is 0.148. The second-order valence-electron chi connectivity index (χ2n) is 5.08. The van der Waals surface area contributed by atoms with Crippen molar-refractivity contribution in [3.05, 3.63) is 76.4 Å². The van der Waals surface area contributed by atoms with Crippen LogP contribution in [0.4, 0.5) is 5.69 Å². The molecule has 0 atom stereocenters. The fourth-order valence-corrected chi connectivity index (χ4v) is 2.84. The quantitative estimate of drug-likeness (QED) is 0.602. The lowest BCUT2D eigenvalue weighted by Crippen LogP contribution is -2.15. The molecule has 3 rings (SSSR count). The highest BCUT2D eigenvalue weighted by Crippen LogP contribution is 2.25. The lowest BCUT2D eigenvalue weighted by Gasteiger charge is -2.13. The van der Waals surface area contributed by atoms with Gasteiger partial charge in [0.2, 0.25) is 0 Å². The van der Waals surface area contributed by atoms with Crippen molar-refractivity contribution >= 4 is 34.2 Å². The van der Waals surface area contributed by atoms with Crippen LogP contribution in [0.2, 0.25) is 0 Å². The standard InChI is InChI=1S/C18H16IN3O2/c19-15-6-2-1-5-14(15)18(23)21-16-7-3-4-8-17(16)24-12-11-22-10-9-20-13-22/h1-10,13H,11-12H2,(H,21,23). The van der Waals surface area contributed by atoms with Crippen molar-refractivity contribution in [3.63, 3.8) is 0 Å². The first kappa shape index (κ1) is 16.5. The van der Waals surface area contributed by atoms with E-state index in [1.807, 2.05) is 53.2 Å². The average molecular weight is 433 g/mol. The lowest BCUT2D eigenvalue weighted by atomic mass is 10.2. The van der Waals surface area contributed by atoms with E-state index in [2.05, 4.69) is 32.9 Å². The van der Waals surface area contributed by atoms with Gasteiger partial charge in [0, 0.05) is 16.0 Å². The Hall–Kier alpha value is -2.35. The number of imidazole rings is 1. The predicted molar refractivity (Wildman–Crippen MR) is 101 cm³/mol. The van der Waals surface area contributed by atoms with Crippen LogP contribution in [0.5, 0.6) is 5.75 Å². The third kappa shape index (κ3) is 4.14. The minimum atomic E-state index is -0.148. The number of rotatable bonds is 6. The first-order valence-electron chi connectivity index (χ1n) is 7.47. The lowest BCUT2D eigenvalue weighted by molar-refractivity contribution is 0.102. The number of halogens is 1. The van der Waals surface area contributed by atoms with Crippen LogP contribution in [-0.4, -0.2) is 22.1 Å². The Morgan fingerprint density at radius 2 is 1.96 bits per heavy atom. The van der Waals surface area contributed by atoms with Gasteiger partial charge >= 0.3 is 0 Å². The molecule has 2 aromatic carbocycles. The largest absolute Gasteiger partial charge is 0.490 e. The summed E-state index contributed by atoms with van der Waals surface area (Å²) < 4.78 is 8.66. The van der Waals surface area contributed by atoms with E-state index in [4.69, 9.17) is 4.74 Å². The molecule has 1 heterocycles. The monoisotopic (exact) mass is 433 g/mol. The highest BCUT2D eigenvalue weighted by Gasteiger charge is 2.12. The predicted octanol–water partition coefficient (Wildman–Crippen LogP) is 3.82. The third-order valence-electron chi connectivity index (χ3n) is 3.42. The van der Waals surface area contributed by atoms with Gasteiger partial charge in [-0.15, -0.1) is 0 Å². The first-order valence-corrected chi connectivity index (χ1v) is 8.55. The summed E-state index contributed by atoms with van der Waals surface area (Å²) in [5.74, 6) is 0.502. The van der Waals surface area contributed by atoms with Crippen molar-refractivity contribution < 1.29 is 9.53 Å². The van der Waals surface area contributed by atoms with Crippen LogP contribution in [0.15, 0.2) is 67.3 Å². The van der Waals surface area contributed by atoms with Gasteiger partial charge < -0.3 is 14.6 Å². The van der Waals surface area contributed by atoms with Crippen LogP contribution in [0.1, 0.15) is 10.4 Å². The molecule has 0 unspecified atom stereocenters. The molecule has 0 aliphatic heterocycles. The molecule has 0 radical (unpaired) electrons. The molecular weight excluding hydrogens is 417 g/mol. The van der Waals surface area contributed by atoms with E-state index in [9.17, 15) is 4.79 Å². The number of aromatic nitrogens is 2. The molecule has 1 amide bonds. The normalized spacial score (nSPS) is 10.4. The second-order valence-corrected chi connectivity index (χ2v) is 6.24. The van der Waals surface area contributed by atoms with Gasteiger partial charge in [0.05, 0.1) is 24.1 Å². The number of benzene rings is 2. The molecule has 6 heteroatoms. The van der Waals surface area contributed by atoms with Crippen molar-refractivity contribution in [1.29, 1.82) is 0 Å². The molecule has 0 spiro atoms. The zero-order valence-corrected chi connectivity index (χ0v) is 15.0. The van der Waals surface area contributed by atoms with E-state index in [0.29, 0.717) is 30.2 Å². The Kier molecular flexibility index (Phi) is 5.47. The number of carbonyl (C=O) groups is 1. The summed E-state index contributed by atoms with van der Waals surface area (Å²) in [6.45, 7) is 1.19. The molecule has 3 aromatic rings. The van der Waals surface area contributed by atoms with Crippen LogP contribution in [-0.2, 0) is 6.54 Å². The van der Waals surface area contributed by atoms with Crippen LogP contribution in [0.25, 0.3) is 0 Å². The van der Waals surface area contributed by atoms with Gasteiger partial charge in [-0.1, -0.05) is 24.3 Å². The van der Waals surface area contributed by atoms with E-state index in [1.165, 1.54) is 0 Å². The number of ether oxygens (including phenoxy) is 1. The Balaban J connectivity index is 1.67. The summed E-state index contributed by atoms with van der Waals surface area (Å²) in [6.07, 6.45) is 5.36. The molecule has 24 heavy (non-hydrogen) atoms. The van der Waals surface area contributed by atoms with Crippen LogP contribution < -0.4 is 10.1 Å². The van der Waals surface area contributed by atoms with E-state index in [-0.39, 0.29) is 5.91 Å². The number of nitrogens with one attached hydrogen (secondary N) is 1. The maximum absolute atomic E-state index is 12.5. The first-order chi connectivity index (χ1) is 11.7. The fourth-order valence-electron chi connectivity index (χ4n) is 2.21. The van der Waals surface area contributed by atoms with Gasteiger partial charge in [-0.25, -0.2) is 4.98 Å². The molecule has 1 N–H and O–H groups in total. The van der Waals surface area contributed by atoms with Gasteiger partial charge in [0.25, 0.3) is 5.91 Å². The van der Waals surface area contributed by atoms with Crippen molar-refractivity contribution in [3.8, 4) is 5.75 Å². The number of para-hydroxylation sites is 2. The van der Waals surface area contributed by atoms with E-state index >= 15 is 0 Å². The van der Waals surface area contributed by atoms with Crippen molar-refractivity contribution in [2.24, 2.45) is 0 Å². The number of anilines is 1. The van der Waals surface area contributed by atoms with Crippen molar-refractivity contribution in [2.75, 3.05) is 11.9 Å². The molecule has 0 fully saturated rings. The molecule has 0 bridgehead atoms. The molecule has 0 aliphatic carbocycles. The highest BCUT2D eigenvalue weighted by atomic mass is 127. The summed E-state index contributed by atoms with van der Waals surface area (Å²) in [5, 5.41) is 2.92. The Labute approximate surface area is 153 Å². The maximum atomic E-state index is 12.5. The van der Waals surface area contributed by atoms with Crippen molar-refractivity contribution in [2.45, 2.75) is 6.54 Å². The number of hydrogen-bond acceptors (Lipinski definition) is 3. The van der Waals surface area contributed by atoms with Gasteiger partial charge in [-0.3, -0.25) is 4.79 Å². The molecule has 5 nitrogen and oxygen atoms in total. The molecular formula is C18H16IN3O2. The van der Waals surface area contributed by atoms with Crippen molar-refractivity contribution in [1.82, 2.24) is 9.55 Å². The Bertz CT molecular complexity index is 819. The number of hydrogen-bond donors (Lipinski definition) is 1. The van der Waals surface area contributed by atoms with Gasteiger partial charge in [0.1, 0.15) is 12.4 Å². The molecule has 122 valence electrons. The summed E-state index contributed by atoms with van der Waals surface area (Å²) >= 11 is 2.15. The summed E-state index contributed by atoms with van der Waals surface area (Å²) in [5.41, 5.74) is 1.30. The van der Waals surface area contributed by atoms with Gasteiger partial charge in [0.15, 0.2) is 0 Å². The van der Waals surface area contributed by atoms with Crippen LogP contribution in [0.3, 0.4) is 0 Å². The molecule has 0 saturated heterocycles. The highest BCUT2D eigenvalue weighted by molar-refractivity contribution is 14.1. The number of amides is 1. The smallest absolute Gasteiger partial charge is 0.256 e. The number of nitrogens with zero attached hydrogens (tertiary/aromatic N) is 2. The SMILES string of the molecule is O=C(Nc1ccccc1OCCn1ccnc1)c1ccccc1I. The van der Waals surface area contributed by atoms with Crippen LogP contribution >= 0.6 is 22.6 Å². The topological polar surface area (TPSA) is 56.1 Å². The third-order valence-corrected chi connectivity index (χ3v) is 4.36. The minimum Gasteiger partial charge on any atom is -0.490 e. The fraction of sp³-hybridized carbons (Fsp3) is 0.111. The zero-order valence-electron chi connectivity index (χ0n) is 12.9. The zero-order chi connectivity index (χ0) is 16.8. The average Bonchev–Trinajstić information content (AvgIpc) is 3.10. The summed E-state index contributed by atoms with van der Waals surface area (Å²) in [4.78, 5) is 16.5. The molecule has 0 aliphatic rings. The number of carbonyl (C=O) groups excluding carboxylic acids is 1. The van der Waals surface area contributed by atoms with E-state index in [0.717, 1.165) is 3.57 Å². The van der Waals surface area contributed by atoms with E-state index < -0.39 is 0 Å². The van der Waals surface area contributed by atoms with Gasteiger partial charge in [-0.05, 0) is 46.9 Å². The van der Waals surface area contributed by atoms with E-state index in [1.54, 1.807) is 18.6 Å². The molecule has 1 aromatic heterocycles. The maximum Gasteiger partial charge on any atom is 0.256 e. The Morgan fingerprint density at radius 3 is 2.75 bits per heavy atom. The van der Waals surface area contributed by atoms with Crippen LogP contribution in [0, 0.1) is 3.57 Å². The summed E-state index contributed by atoms with van der Waals surface area (Å²) in [7, 11) is 0. The Morgan fingerprint density at radius 1 is 1.17 bits per heavy atom. The molecule has 0 saturated carbocycles. The summed E-state index contributed by atoms with van der Waals surface area (Å²) in [6, 6.07) is 14.9. The van der Waals surface area contributed by atoms with Gasteiger partial charge in [-0.2, -0.15) is 0 Å². The second kappa shape index (κ2) is 7.96.